The van der Waals surface area contributed by atoms with E-state index in [-0.39, 0.29) is 11.9 Å². The lowest BCUT2D eigenvalue weighted by Gasteiger charge is -2.32. The number of piperidine rings is 1. The summed E-state index contributed by atoms with van der Waals surface area (Å²) in [6, 6.07) is 0.242. The highest BCUT2D eigenvalue weighted by Crippen LogP contribution is 2.15. The van der Waals surface area contributed by atoms with Gasteiger partial charge in [-0.3, -0.25) is 9.69 Å². The van der Waals surface area contributed by atoms with E-state index in [4.69, 9.17) is 4.74 Å². The van der Waals surface area contributed by atoms with Crippen molar-refractivity contribution in [2.24, 2.45) is 5.92 Å². The molecule has 0 saturated carbocycles. The van der Waals surface area contributed by atoms with Crippen molar-refractivity contribution in [2.45, 2.75) is 25.3 Å². The Kier molecular flexibility index (Phi) is 5.60. The molecule has 0 bridgehead atoms. The monoisotopic (exact) mass is 269 g/mol. The number of amides is 1. The molecule has 2 fully saturated rings. The molecule has 0 aromatic heterocycles. The predicted molar refractivity (Wildman–Crippen MR) is 75.1 cm³/mol. The first-order valence-corrected chi connectivity index (χ1v) is 7.38. The van der Waals surface area contributed by atoms with Gasteiger partial charge in [0.05, 0.1) is 13.2 Å². The summed E-state index contributed by atoms with van der Waals surface area (Å²) in [5, 5.41) is 3.10. The summed E-state index contributed by atoms with van der Waals surface area (Å²) in [6.45, 7) is 5.53. The maximum absolute atomic E-state index is 12.0. The van der Waals surface area contributed by atoms with Crippen LogP contribution >= 0.6 is 0 Å². The Morgan fingerprint density at radius 1 is 1.26 bits per heavy atom. The van der Waals surface area contributed by atoms with Gasteiger partial charge in [0.2, 0.25) is 5.91 Å². The standard InChI is InChI=1S/C14H27N3O2/c1-16-5-3-12(4-6-16)10-15-14(18)9-13-11-19-8-7-17(13)2/h12-13H,3-11H2,1-2H3,(H,15,18). The molecular weight excluding hydrogens is 242 g/mol. The van der Waals surface area contributed by atoms with E-state index < -0.39 is 0 Å². The summed E-state index contributed by atoms with van der Waals surface area (Å²) in [7, 11) is 4.23. The van der Waals surface area contributed by atoms with E-state index in [1.165, 1.54) is 12.8 Å². The van der Waals surface area contributed by atoms with Gasteiger partial charge in [-0.25, -0.2) is 0 Å². The van der Waals surface area contributed by atoms with Crippen molar-refractivity contribution in [3.8, 4) is 0 Å². The van der Waals surface area contributed by atoms with Crippen LogP contribution in [0.5, 0.6) is 0 Å². The van der Waals surface area contributed by atoms with Gasteiger partial charge in [0.1, 0.15) is 0 Å². The first-order chi connectivity index (χ1) is 9.15. The molecule has 110 valence electrons. The number of likely N-dealkylation sites (tertiary alicyclic amines) is 1. The van der Waals surface area contributed by atoms with Crippen LogP contribution in [0.3, 0.4) is 0 Å². The van der Waals surface area contributed by atoms with Gasteiger partial charge < -0.3 is 15.0 Å². The van der Waals surface area contributed by atoms with Crippen LogP contribution in [0, 0.1) is 5.92 Å². The molecule has 1 N–H and O–H groups in total. The molecule has 0 spiro atoms. The number of hydrogen-bond donors (Lipinski definition) is 1. The highest BCUT2D eigenvalue weighted by molar-refractivity contribution is 5.76. The van der Waals surface area contributed by atoms with Gasteiger partial charge in [-0.15, -0.1) is 0 Å². The molecule has 2 aliphatic heterocycles. The highest BCUT2D eigenvalue weighted by atomic mass is 16.5. The molecule has 0 aliphatic carbocycles. The minimum absolute atomic E-state index is 0.168. The quantitative estimate of drug-likeness (QED) is 0.790. The first kappa shape index (κ1) is 14.8. The maximum atomic E-state index is 12.0. The summed E-state index contributed by atoms with van der Waals surface area (Å²) in [4.78, 5) is 16.5. The molecule has 2 aliphatic rings. The zero-order valence-electron chi connectivity index (χ0n) is 12.2. The van der Waals surface area contributed by atoms with Gasteiger partial charge in [-0.05, 0) is 45.9 Å². The van der Waals surface area contributed by atoms with Crippen LogP contribution in [-0.2, 0) is 9.53 Å². The van der Waals surface area contributed by atoms with Crippen molar-refractivity contribution in [1.82, 2.24) is 15.1 Å². The Morgan fingerprint density at radius 3 is 2.68 bits per heavy atom. The van der Waals surface area contributed by atoms with Gasteiger partial charge in [-0.2, -0.15) is 0 Å². The molecule has 2 saturated heterocycles. The Balaban J connectivity index is 1.64. The normalized spacial score (nSPS) is 27.4. The fourth-order valence-corrected chi connectivity index (χ4v) is 2.76. The largest absolute Gasteiger partial charge is 0.378 e. The van der Waals surface area contributed by atoms with E-state index in [0.717, 1.165) is 32.8 Å². The van der Waals surface area contributed by atoms with Crippen molar-refractivity contribution >= 4 is 5.91 Å². The van der Waals surface area contributed by atoms with Crippen LogP contribution < -0.4 is 5.32 Å². The number of likely N-dealkylation sites (N-methyl/N-ethyl adjacent to an activating group) is 1. The Labute approximate surface area is 116 Å². The second kappa shape index (κ2) is 7.22. The number of morpholine rings is 1. The average Bonchev–Trinajstić information content (AvgIpc) is 2.41. The van der Waals surface area contributed by atoms with Crippen molar-refractivity contribution in [3.63, 3.8) is 0 Å². The van der Waals surface area contributed by atoms with Crippen LogP contribution in [0.15, 0.2) is 0 Å². The number of hydrogen-bond acceptors (Lipinski definition) is 4. The van der Waals surface area contributed by atoms with Gasteiger partial charge in [-0.1, -0.05) is 0 Å². The predicted octanol–water partition coefficient (Wildman–Crippen LogP) is 0.165. The number of nitrogens with zero attached hydrogens (tertiary/aromatic N) is 2. The average molecular weight is 269 g/mol. The molecule has 1 atom stereocenters. The lowest BCUT2D eigenvalue weighted by atomic mass is 9.97. The topological polar surface area (TPSA) is 44.8 Å². The lowest BCUT2D eigenvalue weighted by Crippen LogP contribution is -2.46. The molecule has 5 nitrogen and oxygen atoms in total. The molecular formula is C14H27N3O2. The van der Waals surface area contributed by atoms with Crippen molar-refractivity contribution in [1.29, 1.82) is 0 Å². The Morgan fingerprint density at radius 2 is 2.00 bits per heavy atom. The van der Waals surface area contributed by atoms with E-state index in [1.54, 1.807) is 0 Å². The molecule has 19 heavy (non-hydrogen) atoms. The molecule has 1 unspecified atom stereocenters. The molecule has 0 radical (unpaired) electrons. The molecule has 2 rings (SSSR count). The van der Waals surface area contributed by atoms with Crippen LogP contribution in [0.25, 0.3) is 0 Å². The van der Waals surface area contributed by atoms with E-state index in [2.05, 4.69) is 29.2 Å². The lowest BCUT2D eigenvalue weighted by molar-refractivity contribution is -0.124. The third-order valence-electron chi connectivity index (χ3n) is 4.37. The summed E-state index contributed by atoms with van der Waals surface area (Å²) in [6.07, 6.45) is 2.95. The van der Waals surface area contributed by atoms with Crippen molar-refractivity contribution < 1.29 is 9.53 Å². The van der Waals surface area contributed by atoms with E-state index in [0.29, 0.717) is 18.9 Å². The first-order valence-electron chi connectivity index (χ1n) is 7.38. The Bertz CT molecular complexity index is 290. The maximum Gasteiger partial charge on any atom is 0.221 e. The summed E-state index contributed by atoms with van der Waals surface area (Å²) < 4.78 is 5.43. The van der Waals surface area contributed by atoms with Crippen molar-refractivity contribution in [2.75, 3.05) is 53.5 Å². The van der Waals surface area contributed by atoms with Gasteiger partial charge in [0, 0.05) is 25.6 Å². The van der Waals surface area contributed by atoms with Crippen LogP contribution in [-0.4, -0.2) is 75.2 Å². The second-order valence-corrected chi connectivity index (χ2v) is 5.96. The summed E-state index contributed by atoms with van der Waals surface area (Å²) in [5.74, 6) is 0.821. The zero-order chi connectivity index (χ0) is 13.7. The minimum atomic E-state index is 0.168. The molecule has 0 aromatic carbocycles. The van der Waals surface area contributed by atoms with Crippen LogP contribution in [0.4, 0.5) is 0 Å². The number of nitrogens with one attached hydrogen (secondary N) is 1. The zero-order valence-corrected chi connectivity index (χ0v) is 12.2. The van der Waals surface area contributed by atoms with E-state index in [9.17, 15) is 4.79 Å². The van der Waals surface area contributed by atoms with Gasteiger partial charge in [0.15, 0.2) is 0 Å². The minimum Gasteiger partial charge on any atom is -0.378 e. The fraction of sp³-hybridized carbons (Fsp3) is 0.929. The number of ether oxygens (including phenoxy) is 1. The molecule has 1 amide bonds. The van der Waals surface area contributed by atoms with E-state index in [1.807, 2.05) is 0 Å². The van der Waals surface area contributed by atoms with Crippen LogP contribution in [0.2, 0.25) is 0 Å². The highest BCUT2D eigenvalue weighted by Gasteiger charge is 2.23. The summed E-state index contributed by atoms with van der Waals surface area (Å²) >= 11 is 0. The number of carbonyl (C=O) groups excluding carboxylic acids is 1. The fourth-order valence-electron chi connectivity index (χ4n) is 2.76. The van der Waals surface area contributed by atoms with E-state index >= 15 is 0 Å². The Hall–Kier alpha value is -0.650. The number of carbonyl (C=O) groups is 1. The molecule has 2 heterocycles. The van der Waals surface area contributed by atoms with Crippen molar-refractivity contribution in [3.05, 3.63) is 0 Å². The molecule has 5 heteroatoms. The SMILES string of the molecule is CN1CCC(CNC(=O)CC2COCCN2C)CC1. The molecule has 0 aromatic rings. The third kappa shape index (κ3) is 4.75. The summed E-state index contributed by atoms with van der Waals surface area (Å²) in [5.41, 5.74) is 0. The van der Waals surface area contributed by atoms with Gasteiger partial charge in [0.25, 0.3) is 0 Å². The smallest absolute Gasteiger partial charge is 0.221 e. The van der Waals surface area contributed by atoms with Gasteiger partial charge >= 0.3 is 0 Å². The number of rotatable bonds is 4. The third-order valence-corrected chi connectivity index (χ3v) is 4.37. The second-order valence-electron chi connectivity index (χ2n) is 5.96. The van der Waals surface area contributed by atoms with Crippen LogP contribution in [0.1, 0.15) is 19.3 Å².